The van der Waals surface area contributed by atoms with Gasteiger partial charge in [-0.3, -0.25) is 0 Å². The summed E-state index contributed by atoms with van der Waals surface area (Å²) in [6, 6.07) is 16.5. The van der Waals surface area contributed by atoms with Crippen LogP contribution in [0.15, 0.2) is 59.2 Å². The summed E-state index contributed by atoms with van der Waals surface area (Å²) in [4.78, 5) is 0. The number of rotatable bonds is 1. The van der Waals surface area contributed by atoms with Gasteiger partial charge in [-0.1, -0.05) is 42.5 Å². The molecule has 1 heterocycles. The quantitative estimate of drug-likeness (QED) is 0.577. The summed E-state index contributed by atoms with van der Waals surface area (Å²) in [5, 5.41) is 1.22. The minimum atomic E-state index is 0.957. The number of furan rings is 1. The summed E-state index contributed by atoms with van der Waals surface area (Å²) >= 11 is 0. The van der Waals surface area contributed by atoms with Gasteiger partial charge in [0.2, 0.25) is 0 Å². The molecule has 0 atom stereocenters. The van der Waals surface area contributed by atoms with Crippen molar-refractivity contribution in [3.63, 3.8) is 0 Å². The van der Waals surface area contributed by atoms with E-state index < -0.39 is 0 Å². The molecule has 0 spiro atoms. The van der Waals surface area contributed by atoms with Gasteiger partial charge in [0.25, 0.3) is 0 Å². The van der Waals surface area contributed by atoms with Crippen molar-refractivity contribution in [2.24, 2.45) is 0 Å². The lowest BCUT2D eigenvalue weighted by Gasteiger charge is -2.00. The summed E-state index contributed by atoms with van der Waals surface area (Å²) in [5.41, 5.74) is 4.59. The number of hydrogen-bond acceptors (Lipinski definition) is 1. The van der Waals surface area contributed by atoms with E-state index in [-0.39, 0.29) is 0 Å². The Balaban J connectivity index is 2.33. The maximum Gasteiger partial charge on any atom is 0.134 e. The van der Waals surface area contributed by atoms with Gasteiger partial charge in [-0.05, 0) is 24.1 Å². The van der Waals surface area contributed by atoms with E-state index in [1.54, 1.807) is 0 Å². The van der Waals surface area contributed by atoms with Gasteiger partial charge in [0.1, 0.15) is 5.58 Å². The van der Waals surface area contributed by atoms with Crippen molar-refractivity contribution in [1.82, 2.24) is 0 Å². The molecule has 1 aromatic heterocycles. The zero-order chi connectivity index (χ0) is 11.0. The van der Waals surface area contributed by atoms with E-state index in [0.717, 1.165) is 5.58 Å². The first kappa shape index (κ1) is 9.22. The SMILES string of the molecule is Cc1cccc2occ(-c3ccccc3)c12. The summed E-state index contributed by atoms with van der Waals surface area (Å²) < 4.78 is 5.58. The molecule has 0 aliphatic heterocycles. The maximum absolute atomic E-state index is 5.58. The molecule has 16 heavy (non-hydrogen) atoms. The second-order valence-corrected chi connectivity index (χ2v) is 3.96. The first-order valence-corrected chi connectivity index (χ1v) is 5.38. The maximum atomic E-state index is 5.58. The van der Waals surface area contributed by atoms with Gasteiger partial charge in [-0.2, -0.15) is 0 Å². The van der Waals surface area contributed by atoms with Crippen LogP contribution < -0.4 is 0 Å². The van der Waals surface area contributed by atoms with Crippen LogP contribution in [-0.4, -0.2) is 0 Å². The van der Waals surface area contributed by atoms with Crippen LogP contribution in [0.4, 0.5) is 0 Å². The molecule has 0 aliphatic carbocycles. The van der Waals surface area contributed by atoms with Crippen LogP contribution in [0.25, 0.3) is 22.1 Å². The predicted molar refractivity (Wildman–Crippen MR) is 66.4 cm³/mol. The molecule has 2 aromatic carbocycles. The lowest BCUT2D eigenvalue weighted by molar-refractivity contribution is 0.617. The van der Waals surface area contributed by atoms with E-state index in [9.17, 15) is 0 Å². The molecule has 0 saturated carbocycles. The molecule has 0 N–H and O–H groups in total. The summed E-state index contributed by atoms with van der Waals surface area (Å²) in [6.45, 7) is 2.12. The third kappa shape index (κ3) is 1.33. The van der Waals surface area contributed by atoms with E-state index in [1.807, 2.05) is 36.6 Å². The molecule has 0 radical (unpaired) electrons. The van der Waals surface area contributed by atoms with E-state index in [4.69, 9.17) is 4.42 Å². The molecular weight excluding hydrogens is 196 g/mol. The van der Waals surface area contributed by atoms with Gasteiger partial charge >= 0.3 is 0 Å². The van der Waals surface area contributed by atoms with E-state index in [1.165, 1.54) is 22.1 Å². The highest BCUT2D eigenvalue weighted by Gasteiger charge is 2.09. The van der Waals surface area contributed by atoms with Crippen molar-refractivity contribution in [3.05, 3.63) is 60.4 Å². The summed E-state index contributed by atoms with van der Waals surface area (Å²) in [5.74, 6) is 0. The molecule has 0 fully saturated rings. The van der Waals surface area contributed by atoms with Gasteiger partial charge in [-0.15, -0.1) is 0 Å². The fourth-order valence-corrected chi connectivity index (χ4v) is 2.10. The van der Waals surface area contributed by atoms with Crippen molar-refractivity contribution in [2.75, 3.05) is 0 Å². The first-order valence-electron chi connectivity index (χ1n) is 5.38. The average molecular weight is 208 g/mol. The molecule has 3 aromatic rings. The molecule has 0 aliphatic rings. The average Bonchev–Trinajstić information content (AvgIpc) is 2.75. The molecule has 1 nitrogen and oxygen atoms in total. The molecule has 0 unspecified atom stereocenters. The minimum Gasteiger partial charge on any atom is -0.464 e. The Kier molecular flexibility index (Phi) is 2.03. The van der Waals surface area contributed by atoms with Crippen LogP contribution in [0.5, 0.6) is 0 Å². The second kappa shape index (κ2) is 3.53. The van der Waals surface area contributed by atoms with Crippen LogP contribution in [0.3, 0.4) is 0 Å². The second-order valence-electron chi connectivity index (χ2n) is 3.96. The van der Waals surface area contributed by atoms with Crippen LogP contribution >= 0.6 is 0 Å². The minimum absolute atomic E-state index is 0.957. The standard InChI is InChI=1S/C15H12O/c1-11-6-5-9-14-15(11)13(10-16-14)12-7-3-2-4-8-12/h2-10H,1H3. The van der Waals surface area contributed by atoms with Gasteiger partial charge in [-0.25, -0.2) is 0 Å². The number of aryl methyl sites for hydroxylation is 1. The lowest BCUT2D eigenvalue weighted by Crippen LogP contribution is -1.77. The van der Waals surface area contributed by atoms with Crippen LogP contribution in [0.2, 0.25) is 0 Å². The number of fused-ring (bicyclic) bond motifs is 1. The van der Waals surface area contributed by atoms with Crippen molar-refractivity contribution < 1.29 is 4.42 Å². The van der Waals surface area contributed by atoms with E-state index >= 15 is 0 Å². The number of benzene rings is 2. The van der Waals surface area contributed by atoms with Crippen molar-refractivity contribution in [2.45, 2.75) is 6.92 Å². The Bertz CT molecular complexity index is 620. The zero-order valence-electron chi connectivity index (χ0n) is 9.10. The van der Waals surface area contributed by atoms with Crippen LogP contribution in [-0.2, 0) is 0 Å². The highest BCUT2D eigenvalue weighted by molar-refractivity contribution is 5.96. The normalized spacial score (nSPS) is 10.8. The molecule has 0 bridgehead atoms. The highest BCUT2D eigenvalue weighted by atomic mass is 16.3. The third-order valence-electron chi connectivity index (χ3n) is 2.89. The predicted octanol–water partition coefficient (Wildman–Crippen LogP) is 4.41. The van der Waals surface area contributed by atoms with Crippen molar-refractivity contribution >= 4 is 11.0 Å². The lowest BCUT2D eigenvalue weighted by atomic mass is 10.0. The van der Waals surface area contributed by atoms with Gasteiger partial charge in [0, 0.05) is 10.9 Å². The van der Waals surface area contributed by atoms with Gasteiger partial charge in [0.15, 0.2) is 0 Å². The number of hydrogen-bond donors (Lipinski definition) is 0. The Hall–Kier alpha value is -2.02. The monoisotopic (exact) mass is 208 g/mol. The molecule has 3 rings (SSSR count). The summed E-state index contributed by atoms with van der Waals surface area (Å²) in [6.07, 6.45) is 1.84. The fourth-order valence-electron chi connectivity index (χ4n) is 2.10. The smallest absolute Gasteiger partial charge is 0.134 e. The van der Waals surface area contributed by atoms with Gasteiger partial charge in [0.05, 0.1) is 6.26 Å². The Morgan fingerprint density at radius 3 is 2.50 bits per heavy atom. The topological polar surface area (TPSA) is 13.1 Å². The molecule has 0 saturated heterocycles. The van der Waals surface area contributed by atoms with Crippen molar-refractivity contribution in [1.29, 1.82) is 0 Å². The third-order valence-corrected chi connectivity index (χ3v) is 2.89. The zero-order valence-corrected chi connectivity index (χ0v) is 9.10. The fraction of sp³-hybridized carbons (Fsp3) is 0.0667. The molecule has 0 amide bonds. The highest BCUT2D eigenvalue weighted by Crippen LogP contribution is 2.32. The Morgan fingerprint density at radius 1 is 0.875 bits per heavy atom. The Morgan fingerprint density at radius 2 is 1.69 bits per heavy atom. The molecular formula is C15H12O. The van der Waals surface area contributed by atoms with Crippen LogP contribution in [0.1, 0.15) is 5.56 Å². The largest absolute Gasteiger partial charge is 0.464 e. The summed E-state index contributed by atoms with van der Waals surface area (Å²) in [7, 11) is 0. The first-order chi connectivity index (χ1) is 7.86. The van der Waals surface area contributed by atoms with Crippen molar-refractivity contribution in [3.8, 4) is 11.1 Å². The van der Waals surface area contributed by atoms with Gasteiger partial charge < -0.3 is 4.42 Å². The van der Waals surface area contributed by atoms with Crippen LogP contribution in [0, 0.1) is 6.92 Å². The molecule has 78 valence electrons. The van der Waals surface area contributed by atoms with E-state index in [0.29, 0.717) is 0 Å². The Labute approximate surface area is 94.3 Å². The molecule has 1 heteroatoms. The van der Waals surface area contributed by atoms with E-state index in [2.05, 4.69) is 25.1 Å².